The van der Waals surface area contributed by atoms with E-state index in [1.54, 1.807) is 0 Å². The molecule has 0 unspecified atom stereocenters. The van der Waals surface area contributed by atoms with E-state index in [1.807, 2.05) is 0 Å². The van der Waals surface area contributed by atoms with Crippen molar-refractivity contribution >= 4 is 33.3 Å². The van der Waals surface area contributed by atoms with E-state index >= 15 is 0 Å². The quantitative estimate of drug-likeness (QED) is 0.0785. The highest BCUT2D eigenvalue weighted by atomic mass is 28.4. The van der Waals surface area contributed by atoms with Gasteiger partial charge in [-0.25, -0.2) is 9.78 Å². The van der Waals surface area contributed by atoms with Gasteiger partial charge in [-0.3, -0.25) is 0 Å². The van der Waals surface area contributed by atoms with Gasteiger partial charge in [0.25, 0.3) is 0 Å². The van der Waals surface area contributed by atoms with Crippen LogP contribution in [0.3, 0.4) is 0 Å². The van der Waals surface area contributed by atoms with Crippen molar-refractivity contribution in [3.8, 4) is 0 Å². The predicted molar refractivity (Wildman–Crippen MR) is 142 cm³/mol. The van der Waals surface area contributed by atoms with Crippen molar-refractivity contribution in [1.29, 1.82) is 0 Å². The van der Waals surface area contributed by atoms with Gasteiger partial charge in [0.15, 0.2) is 33.3 Å². The standard InChI is InChI=1S/C22H54O4Si4/c1-11-13-19-27(3,4)25-29(7,8)21-15-17-23-24-18-16-22-30(9,10)26-28(5,6)20-14-12-2/h11-22H2,1-10H3. The molecule has 0 radical (unpaired) electrons. The molecule has 0 aromatic heterocycles. The molecule has 0 spiro atoms. The van der Waals surface area contributed by atoms with Crippen molar-refractivity contribution in [2.75, 3.05) is 13.2 Å². The van der Waals surface area contributed by atoms with Gasteiger partial charge in [-0.1, -0.05) is 39.5 Å². The van der Waals surface area contributed by atoms with E-state index < -0.39 is 33.3 Å². The van der Waals surface area contributed by atoms with Crippen molar-refractivity contribution in [1.82, 2.24) is 0 Å². The minimum absolute atomic E-state index is 0.672. The highest BCUT2D eigenvalue weighted by Gasteiger charge is 2.33. The van der Waals surface area contributed by atoms with Crippen LogP contribution in [-0.4, -0.2) is 46.5 Å². The van der Waals surface area contributed by atoms with Gasteiger partial charge in [-0.2, -0.15) is 0 Å². The third-order valence-corrected chi connectivity index (χ3v) is 20.5. The molecule has 0 saturated heterocycles. The molecule has 0 N–H and O–H groups in total. The summed E-state index contributed by atoms with van der Waals surface area (Å²) in [5, 5.41) is 0. The van der Waals surface area contributed by atoms with E-state index in [9.17, 15) is 0 Å². The van der Waals surface area contributed by atoms with E-state index in [0.29, 0.717) is 13.2 Å². The Morgan fingerprint density at radius 2 is 0.700 bits per heavy atom. The van der Waals surface area contributed by atoms with Gasteiger partial charge in [0, 0.05) is 0 Å². The maximum absolute atomic E-state index is 6.65. The van der Waals surface area contributed by atoms with Gasteiger partial charge in [-0.15, -0.1) is 0 Å². The van der Waals surface area contributed by atoms with Crippen LogP contribution in [0, 0.1) is 0 Å². The van der Waals surface area contributed by atoms with Crippen LogP contribution in [0.2, 0.25) is 76.6 Å². The van der Waals surface area contributed by atoms with Gasteiger partial charge in [-0.05, 0) is 89.4 Å². The zero-order valence-corrected chi connectivity index (χ0v) is 26.1. The predicted octanol–water partition coefficient (Wildman–Crippen LogP) is 8.17. The van der Waals surface area contributed by atoms with Crippen LogP contribution >= 0.6 is 0 Å². The zero-order valence-electron chi connectivity index (χ0n) is 22.1. The minimum Gasteiger partial charge on any atom is -0.455 e. The lowest BCUT2D eigenvalue weighted by atomic mass is 10.4. The second-order valence-electron chi connectivity index (χ2n) is 11.3. The molecule has 0 bridgehead atoms. The van der Waals surface area contributed by atoms with Crippen molar-refractivity contribution in [2.24, 2.45) is 0 Å². The summed E-state index contributed by atoms with van der Waals surface area (Å²) in [5.74, 6) is 0. The minimum atomic E-state index is -1.60. The van der Waals surface area contributed by atoms with Crippen molar-refractivity contribution in [2.45, 2.75) is 129 Å². The number of hydrogen-bond donors (Lipinski definition) is 0. The fourth-order valence-electron chi connectivity index (χ4n) is 4.14. The second-order valence-corrected chi connectivity index (χ2v) is 29.0. The van der Waals surface area contributed by atoms with Gasteiger partial charge in [0.2, 0.25) is 0 Å². The third-order valence-electron chi connectivity index (χ3n) is 5.47. The molecule has 0 amide bonds. The van der Waals surface area contributed by atoms with E-state index in [0.717, 1.165) is 24.9 Å². The average molecular weight is 495 g/mol. The first-order chi connectivity index (χ1) is 13.7. The molecule has 0 fully saturated rings. The van der Waals surface area contributed by atoms with E-state index in [4.69, 9.17) is 18.0 Å². The molecule has 0 heterocycles. The fourth-order valence-corrected chi connectivity index (χ4v) is 22.1. The van der Waals surface area contributed by atoms with Crippen LogP contribution in [0.4, 0.5) is 0 Å². The lowest BCUT2D eigenvalue weighted by Crippen LogP contribution is -2.44. The van der Waals surface area contributed by atoms with Crippen LogP contribution in [0.1, 0.15) is 52.4 Å². The van der Waals surface area contributed by atoms with Crippen LogP contribution in [-0.2, 0) is 18.0 Å². The van der Waals surface area contributed by atoms with Gasteiger partial charge >= 0.3 is 0 Å². The first kappa shape index (κ1) is 30.7. The summed E-state index contributed by atoms with van der Waals surface area (Å²) in [5.41, 5.74) is 0. The molecule has 30 heavy (non-hydrogen) atoms. The molecular formula is C22H54O4Si4. The average Bonchev–Trinajstić information content (AvgIpc) is 2.58. The van der Waals surface area contributed by atoms with Crippen LogP contribution in [0.5, 0.6) is 0 Å². The molecule has 4 nitrogen and oxygen atoms in total. The maximum atomic E-state index is 6.65. The molecule has 0 aromatic rings. The first-order valence-electron chi connectivity index (χ1n) is 12.4. The molecule has 182 valence electrons. The SMILES string of the molecule is CCCC[Si](C)(C)O[Si](C)(C)CCCOOCCC[Si](C)(C)O[Si](C)(C)CCCC. The third kappa shape index (κ3) is 17.3. The van der Waals surface area contributed by atoms with E-state index in [1.165, 1.54) is 37.8 Å². The van der Waals surface area contributed by atoms with Gasteiger partial charge in [0.1, 0.15) is 0 Å². The Kier molecular flexibility index (Phi) is 15.1. The first-order valence-corrected chi connectivity index (χ1v) is 24.9. The molecule has 0 aliphatic heterocycles. The molecule has 0 rings (SSSR count). The topological polar surface area (TPSA) is 36.9 Å². The molecule has 0 atom stereocenters. The normalized spacial score (nSPS) is 13.8. The summed E-state index contributed by atoms with van der Waals surface area (Å²) in [6.45, 7) is 24.8. The second kappa shape index (κ2) is 14.8. The highest BCUT2D eigenvalue weighted by molar-refractivity contribution is 6.85. The molecule has 0 aliphatic rings. The Morgan fingerprint density at radius 3 is 0.967 bits per heavy atom. The maximum Gasteiger partial charge on any atom is 0.173 e. The molecule has 8 heteroatoms. The van der Waals surface area contributed by atoms with Crippen molar-refractivity contribution in [3.63, 3.8) is 0 Å². The molecule has 0 saturated carbocycles. The summed E-state index contributed by atoms with van der Waals surface area (Å²) in [4.78, 5) is 10.9. The Labute approximate surface area is 193 Å². The van der Waals surface area contributed by atoms with Crippen LogP contribution in [0.15, 0.2) is 0 Å². The van der Waals surface area contributed by atoms with Gasteiger partial charge in [0.05, 0.1) is 13.2 Å². The number of hydrogen-bond acceptors (Lipinski definition) is 4. The number of unbranched alkanes of at least 4 members (excludes halogenated alkanes) is 2. The fraction of sp³-hybridized carbons (Fsp3) is 1.00. The van der Waals surface area contributed by atoms with Crippen molar-refractivity contribution < 1.29 is 18.0 Å². The largest absolute Gasteiger partial charge is 0.455 e. The molecule has 0 aliphatic carbocycles. The Hall–Kier alpha value is 0.708. The summed E-state index contributed by atoms with van der Waals surface area (Å²) in [6.07, 6.45) is 7.16. The summed E-state index contributed by atoms with van der Waals surface area (Å²) in [7, 11) is -6.21. The monoisotopic (exact) mass is 494 g/mol. The number of rotatable bonds is 19. The summed E-state index contributed by atoms with van der Waals surface area (Å²) in [6, 6.07) is 4.84. The summed E-state index contributed by atoms with van der Waals surface area (Å²) >= 11 is 0. The Bertz CT molecular complexity index is 403. The van der Waals surface area contributed by atoms with Gasteiger partial charge < -0.3 is 8.23 Å². The lowest BCUT2D eigenvalue weighted by molar-refractivity contribution is -0.294. The molecular weight excluding hydrogens is 441 g/mol. The van der Waals surface area contributed by atoms with E-state index in [2.05, 4.69) is 66.2 Å². The summed E-state index contributed by atoms with van der Waals surface area (Å²) < 4.78 is 13.3. The smallest absolute Gasteiger partial charge is 0.173 e. The highest BCUT2D eigenvalue weighted by Crippen LogP contribution is 2.25. The Balaban J connectivity index is 3.93. The van der Waals surface area contributed by atoms with Crippen molar-refractivity contribution in [3.05, 3.63) is 0 Å². The van der Waals surface area contributed by atoms with Crippen LogP contribution in [0.25, 0.3) is 0 Å². The van der Waals surface area contributed by atoms with E-state index in [-0.39, 0.29) is 0 Å². The Morgan fingerprint density at radius 1 is 0.433 bits per heavy atom. The molecule has 0 aromatic carbocycles. The zero-order chi connectivity index (χ0) is 23.3. The van der Waals surface area contributed by atoms with Crippen LogP contribution < -0.4 is 0 Å². The lowest BCUT2D eigenvalue weighted by Gasteiger charge is -2.34.